The first kappa shape index (κ1) is 28.8. The molecule has 12 nitrogen and oxygen atoms in total. The van der Waals surface area contributed by atoms with Crippen LogP contribution in [0.3, 0.4) is 0 Å². The van der Waals surface area contributed by atoms with Crippen LogP contribution in [0.5, 0.6) is 0 Å². The largest absolute Gasteiger partial charge is 0.391 e. The Hall–Kier alpha value is -3.71. The number of likely N-dealkylation sites (tertiary alicyclic amines) is 1. The van der Waals surface area contributed by atoms with Crippen LogP contribution in [-0.4, -0.2) is 98.8 Å². The topological polar surface area (TPSA) is 168 Å². The Bertz CT molecular complexity index is 1500. The number of fused-ring (bicyclic) bond motifs is 2. The van der Waals surface area contributed by atoms with Crippen LogP contribution >= 0.6 is 23.2 Å². The molecule has 2 aliphatic rings. The lowest BCUT2D eigenvalue weighted by Gasteiger charge is -2.33. The molecule has 2 aromatic carbocycles. The van der Waals surface area contributed by atoms with Crippen LogP contribution in [0.4, 0.5) is 4.79 Å². The van der Waals surface area contributed by atoms with Crippen molar-refractivity contribution in [3.05, 3.63) is 62.8 Å². The summed E-state index contributed by atoms with van der Waals surface area (Å²) in [5, 5.41) is 32.6. The van der Waals surface area contributed by atoms with E-state index in [9.17, 15) is 29.4 Å². The average Bonchev–Trinajstić information content (AvgIpc) is 3.42. The molecule has 0 unspecified atom stereocenters. The molecule has 0 radical (unpaired) electrons. The van der Waals surface area contributed by atoms with Crippen molar-refractivity contribution in [1.29, 1.82) is 0 Å². The molecule has 3 heterocycles. The molecule has 3 atom stereocenters. The van der Waals surface area contributed by atoms with Crippen molar-refractivity contribution in [2.45, 2.75) is 37.6 Å². The van der Waals surface area contributed by atoms with Gasteiger partial charge in [0.2, 0.25) is 0 Å². The van der Waals surface area contributed by atoms with Crippen LogP contribution in [0.1, 0.15) is 38.3 Å². The maximum Gasteiger partial charge on any atom is 0.317 e. The molecule has 1 saturated heterocycles. The minimum Gasteiger partial charge on any atom is -0.391 e. The second kappa shape index (κ2) is 12.0. The van der Waals surface area contributed by atoms with Crippen molar-refractivity contribution >= 4 is 58.2 Å². The van der Waals surface area contributed by atoms with Gasteiger partial charge in [0, 0.05) is 50.1 Å². The standard InChI is InChI=1S/C27H28Cl2N6O6/c28-21-5-16-10-34(26(40)14-1-2-15-8-31-33-22(15)6-14)4-3-20(16)24(29)23(21)25(39)32-17(13-36)9-30-27(41)35-11-18(37)7-19(38)12-35/h1-2,5-6,8,13,17-19,37-38H,3-4,7,9-12H2,(H,30,41)(H,31,33)(H,32,39)/t17-,18-,19+/m0/s1. The maximum atomic E-state index is 13.2. The molecule has 5 N–H and O–H groups in total. The third kappa shape index (κ3) is 6.15. The number of carbonyl (C=O) groups is 4. The van der Waals surface area contributed by atoms with Gasteiger partial charge in [-0.25, -0.2) is 4.79 Å². The number of aromatic amines is 1. The Morgan fingerprint density at radius 1 is 1.15 bits per heavy atom. The summed E-state index contributed by atoms with van der Waals surface area (Å²) >= 11 is 13.1. The van der Waals surface area contributed by atoms with Crippen LogP contribution in [0, 0.1) is 0 Å². The van der Waals surface area contributed by atoms with Crippen molar-refractivity contribution in [1.82, 2.24) is 30.6 Å². The number of nitrogens with zero attached hydrogens (tertiary/aromatic N) is 3. The SMILES string of the molecule is O=C[C@H](CNC(=O)N1C[C@H](O)C[C@H](O)C1)NC(=O)c1c(Cl)cc2c(c1Cl)CCN(C(=O)c1ccc3cn[nH]c3c1)C2. The normalized spacial score (nSPS) is 19.4. The van der Waals surface area contributed by atoms with E-state index in [1.165, 1.54) is 4.90 Å². The monoisotopic (exact) mass is 602 g/mol. The lowest BCUT2D eigenvalue weighted by molar-refractivity contribution is -0.109. The van der Waals surface area contributed by atoms with Gasteiger partial charge >= 0.3 is 6.03 Å². The zero-order valence-corrected chi connectivity index (χ0v) is 23.3. The van der Waals surface area contributed by atoms with Gasteiger partial charge in [-0.05, 0) is 35.7 Å². The van der Waals surface area contributed by atoms with Gasteiger partial charge in [0.25, 0.3) is 11.8 Å². The number of hydrogen-bond acceptors (Lipinski definition) is 7. The van der Waals surface area contributed by atoms with Gasteiger partial charge in [-0.2, -0.15) is 5.10 Å². The van der Waals surface area contributed by atoms with Crippen molar-refractivity contribution in [3.63, 3.8) is 0 Å². The molecule has 216 valence electrons. The number of amides is 4. The fraction of sp³-hybridized carbons (Fsp3) is 0.370. The number of aldehydes is 1. The quantitative estimate of drug-likeness (QED) is 0.266. The zero-order valence-electron chi connectivity index (χ0n) is 21.8. The summed E-state index contributed by atoms with van der Waals surface area (Å²) in [5.41, 5.74) is 2.67. The summed E-state index contributed by atoms with van der Waals surface area (Å²) in [7, 11) is 0. The predicted octanol–water partition coefficient (Wildman–Crippen LogP) is 1.50. The number of H-pyrrole nitrogens is 1. The Kier molecular flexibility index (Phi) is 8.45. The highest BCUT2D eigenvalue weighted by molar-refractivity contribution is 6.40. The summed E-state index contributed by atoms with van der Waals surface area (Å²) in [6.45, 7) is 0.490. The first-order valence-electron chi connectivity index (χ1n) is 13.0. The van der Waals surface area contributed by atoms with Crippen LogP contribution in [0.2, 0.25) is 10.0 Å². The number of aromatic nitrogens is 2. The highest BCUT2D eigenvalue weighted by atomic mass is 35.5. The third-order valence-corrected chi connectivity index (χ3v) is 7.97. The van der Waals surface area contributed by atoms with Gasteiger partial charge < -0.3 is 35.4 Å². The minimum absolute atomic E-state index is 0.00277. The number of β-amino-alcohol motifs (C(OH)–C–C–N with tert-alkyl or cyclic N) is 2. The predicted molar refractivity (Wildman–Crippen MR) is 150 cm³/mol. The number of urea groups is 1. The third-order valence-electron chi connectivity index (χ3n) is 7.26. The molecule has 41 heavy (non-hydrogen) atoms. The van der Waals surface area contributed by atoms with Gasteiger partial charge in [0.05, 0.1) is 39.5 Å². The molecule has 0 saturated carbocycles. The van der Waals surface area contributed by atoms with Crippen molar-refractivity contribution in [2.75, 3.05) is 26.2 Å². The van der Waals surface area contributed by atoms with E-state index in [4.69, 9.17) is 23.2 Å². The van der Waals surface area contributed by atoms with Crippen molar-refractivity contribution < 1.29 is 29.4 Å². The highest BCUT2D eigenvalue weighted by Crippen LogP contribution is 2.35. The number of hydrogen-bond donors (Lipinski definition) is 5. The summed E-state index contributed by atoms with van der Waals surface area (Å²) in [6.07, 6.45) is 1.02. The second-order valence-corrected chi connectivity index (χ2v) is 11.0. The van der Waals surface area contributed by atoms with E-state index in [-0.39, 0.29) is 54.1 Å². The summed E-state index contributed by atoms with van der Waals surface area (Å²) in [6, 6.07) is 5.24. The van der Waals surface area contributed by atoms with Crippen LogP contribution < -0.4 is 10.6 Å². The van der Waals surface area contributed by atoms with E-state index in [0.717, 1.165) is 10.9 Å². The van der Waals surface area contributed by atoms with E-state index in [0.29, 0.717) is 35.9 Å². The molecule has 14 heteroatoms. The zero-order chi connectivity index (χ0) is 29.3. The molecule has 0 spiro atoms. The van der Waals surface area contributed by atoms with E-state index in [2.05, 4.69) is 20.8 Å². The number of aliphatic hydroxyl groups is 2. The van der Waals surface area contributed by atoms with Gasteiger partial charge in [0.1, 0.15) is 12.3 Å². The smallest absolute Gasteiger partial charge is 0.317 e. The van der Waals surface area contributed by atoms with E-state index in [1.54, 1.807) is 29.3 Å². The number of carbonyl (C=O) groups excluding carboxylic acids is 4. The van der Waals surface area contributed by atoms with Crippen molar-refractivity contribution in [3.8, 4) is 0 Å². The van der Waals surface area contributed by atoms with Gasteiger partial charge in [-0.3, -0.25) is 14.7 Å². The van der Waals surface area contributed by atoms with Crippen LogP contribution in [0.15, 0.2) is 30.5 Å². The number of halogens is 2. The second-order valence-electron chi connectivity index (χ2n) is 10.2. The average molecular weight is 603 g/mol. The lowest BCUT2D eigenvalue weighted by Crippen LogP contribution is -2.54. The van der Waals surface area contributed by atoms with E-state index in [1.807, 2.05) is 6.07 Å². The molecule has 0 bridgehead atoms. The first-order valence-corrected chi connectivity index (χ1v) is 13.8. The number of rotatable bonds is 6. The van der Waals surface area contributed by atoms with E-state index < -0.39 is 30.2 Å². The number of aliphatic hydroxyl groups excluding tert-OH is 2. The number of benzene rings is 2. The van der Waals surface area contributed by atoms with Gasteiger partial charge in [0.15, 0.2) is 0 Å². The Balaban J connectivity index is 1.24. The fourth-order valence-electron chi connectivity index (χ4n) is 5.18. The van der Waals surface area contributed by atoms with Gasteiger partial charge in [-0.1, -0.05) is 29.3 Å². The number of piperidine rings is 1. The summed E-state index contributed by atoms with van der Waals surface area (Å²) < 4.78 is 0. The Morgan fingerprint density at radius 2 is 1.90 bits per heavy atom. The molecule has 4 amide bonds. The van der Waals surface area contributed by atoms with Gasteiger partial charge in [-0.15, -0.1) is 0 Å². The van der Waals surface area contributed by atoms with Crippen LogP contribution in [0.25, 0.3) is 10.9 Å². The molecule has 2 aliphatic heterocycles. The molecule has 3 aromatic rings. The summed E-state index contributed by atoms with van der Waals surface area (Å²) in [5.74, 6) is -0.852. The maximum absolute atomic E-state index is 13.2. The molecule has 0 aliphatic carbocycles. The first-order chi connectivity index (χ1) is 19.6. The lowest BCUT2D eigenvalue weighted by atomic mass is 9.96. The molecule has 1 aromatic heterocycles. The Labute approximate surface area is 244 Å². The Morgan fingerprint density at radius 3 is 2.63 bits per heavy atom. The molecular formula is C27H28Cl2N6O6. The highest BCUT2D eigenvalue weighted by Gasteiger charge is 2.30. The number of nitrogens with one attached hydrogen (secondary N) is 3. The molecular weight excluding hydrogens is 575 g/mol. The van der Waals surface area contributed by atoms with E-state index >= 15 is 0 Å². The minimum atomic E-state index is -1.09. The fourth-order valence-corrected chi connectivity index (χ4v) is 5.94. The summed E-state index contributed by atoms with van der Waals surface area (Å²) in [4.78, 5) is 53.3. The molecule has 1 fully saturated rings. The molecule has 5 rings (SSSR count). The van der Waals surface area contributed by atoms with Crippen molar-refractivity contribution in [2.24, 2.45) is 0 Å². The van der Waals surface area contributed by atoms with Crippen LogP contribution in [-0.2, 0) is 17.8 Å².